The lowest BCUT2D eigenvalue weighted by Crippen LogP contribution is -2.23. The zero-order chi connectivity index (χ0) is 13.3. The van der Waals surface area contributed by atoms with Gasteiger partial charge in [0.2, 0.25) is 0 Å². The summed E-state index contributed by atoms with van der Waals surface area (Å²) in [6.07, 6.45) is 0. The minimum atomic E-state index is -0.207. The molecule has 1 aromatic heterocycles. The highest BCUT2D eigenvalue weighted by molar-refractivity contribution is 6.31. The second kappa shape index (κ2) is 4.92. The van der Waals surface area contributed by atoms with Gasteiger partial charge in [0, 0.05) is 17.6 Å². The molecule has 0 bridgehead atoms. The highest BCUT2D eigenvalue weighted by atomic mass is 35.5. The fraction of sp³-hybridized carbons (Fsp3) is 0.231. The molecule has 0 atom stereocenters. The summed E-state index contributed by atoms with van der Waals surface area (Å²) in [5, 5.41) is 4.86. The Balaban J connectivity index is 2.61. The first-order valence-corrected chi connectivity index (χ1v) is 5.97. The van der Waals surface area contributed by atoms with E-state index in [1.165, 1.54) is 10.7 Å². The van der Waals surface area contributed by atoms with E-state index in [2.05, 4.69) is 5.10 Å². The maximum absolute atomic E-state index is 11.9. The molecule has 18 heavy (non-hydrogen) atoms. The van der Waals surface area contributed by atoms with Gasteiger partial charge in [-0.2, -0.15) is 9.78 Å². The SMILES string of the molecule is Cc1ccc(-n2nc(C)c(CN)cc2=O)cc1Cl. The van der Waals surface area contributed by atoms with E-state index in [1.807, 2.05) is 26.0 Å². The molecule has 0 fully saturated rings. The Bertz CT molecular complexity index is 649. The summed E-state index contributed by atoms with van der Waals surface area (Å²) < 4.78 is 1.33. The van der Waals surface area contributed by atoms with Gasteiger partial charge in [0.1, 0.15) is 0 Å². The van der Waals surface area contributed by atoms with Crippen LogP contribution in [0.2, 0.25) is 5.02 Å². The highest BCUT2D eigenvalue weighted by Crippen LogP contribution is 2.18. The number of hydrogen-bond acceptors (Lipinski definition) is 3. The van der Waals surface area contributed by atoms with E-state index >= 15 is 0 Å². The normalized spacial score (nSPS) is 10.7. The summed E-state index contributed by atoms with van der Waals surface area (Å²) in [5.74, 6) is 0. The molecule has 2 aromatic rings. The summed E-state index contributed by atoms with van der Waals surface area (Å²) >= 11 is 6.05. The third-order valence-electron chi connectivity index (χ3n) is 2.84. The van der Waals surface area contributed by atoms with Crippen molar-refractivity contribution in [3.05, 3.63) is 56.5 Å². The van der Waals surface area contributed by atoms with Crippen LogP contribution in [0.25, 0.3) is 5.69 Å². The number of rotatable bonds is 2. The first-order valence-electron chi connectivity index (χ1n) is 5.59. The smallest absolute Gasteiger partial charge is 0.271 e. The van der Waals surface area contributed by atoms with Crippen LogP contribution in [-0.4, -0.2) is 9.78 Å². The molecule has 0 aliphatic heterocycles. The van der Waals surface area contributed by atoms with Gasteiger partial charge < -0.3 is 5.73 Å². The predicted molar refractivity (Wildman–Crippen MR) is 72.2 cm³/mol. The molecule has 1 aromatic carbocycles. The van der Waals surface area contributed by atoms with E-state index in [4.69, 9.17) is 17.3 Å². The quantitative estimate of drug-likeness (QED) is 0.901. The summed E-state index contributed by atoms with van der Waals surface area (Å²) in [6, 6.07) is 6.91. The molecule has 0 saturated heterocycles. The molecule has 94 valence electrons. The number of nitrogens with zero attached hydrogens (tertiary/aromatic N) is 2. The molecule has 0 aliphatic carbocycles. The van der Waals surface area contributed by atoms with Crippen LogP contribution in [0.15, 0.2) is 29.1 Å². The van der Waals surface area contributed by atoms with Crippen LogP contribution < -0.4 is 11.3 Å². The molecule has 0 amide bonds. The van der Waals surface area contributed by atoms with Crippen molar-refractivity contribution in [2.45, 2.75) is 20.4 Å². The van der Waals surface area contributed by atoms with Crippen molar-refractivity contribution in [1.82, 2.24) is 9.78 Å². The van der Waals surface area contributed by atoms with Gasteiger partial charge in [-0.15, -0.1) is 0 Å². The van der Waals surface area contributed by atoms with Crippen LogP contribution in [-0.2, 0) is 6.54 Å². The van der Waals surface area contributed by atoms with Crippen molar-refractivity contribution in [3.63, 3.8) is 0 Å². The van der Waals surface area contributed by atoms with Crippen LogP contribution in [0.4, 0.5) is 0 Å². The van der Waals surface area contributed by atoms with Crippen LogP contribution in [0.3, 0.4) is 0 Å². The molecule has 0 spiro atoms. The van der Waals surface area contributed by atoms with E-state index in [0.29, 0.717) is 17.3 Å². The van der Waals surface area contributed by atoms with Crippen molar-refractivity contribution >= 4 is 11.6 Å². The number of benzene rings is 1. The van der Waals surface area contributed by atoms with Crippen molar-refractivity contribution in [2.24, 2.45) is 5.73 Å². The molecule has 0 unspecified atom stereocenters. The highest BCUT2D eigenvalue weighted by Gasteiger charge is 2.07. The lowest BCUT2D eigenvalue weighted by atomic mass is 10.2. The number of aromatic nitrogens is 2. The number of nitrogens with two attached hydrogens (primary N) is 1. The summed E-state index contributed by atoms with van der Waals surface area (Å²) in [5.41, 5.74) is 8.46. The maximum atomic E-state index is 11.9. The van der Waals surface area contributed by atoms with Gasteiger partial charge in [-0.1, -0.05) is 17.7 Å². The number of hydrogen-bond donors (Lipinski definition) is 1. The van der Waals surface area contributed by atoms with Crippen LogP contribution >= 0.6 is 11.6 Å². The molecule has 0 aliphatic rings. The monoisotopic (exact) mass is 263 g/mol. The average Bonchev–Trinajstić information content (AvgIpc) is 2.35. The topological polar surface area (TPSA) is 60.9 Å². The fourth-order valence-electron chi connectivity index (χ4n) is 1.68. The predicted octanol–water partition coefficient (Wildman–Crippen LogP) is 1.96. The van der Waals surface area contributed by atoms with Gasteiger partial charge in [-0.05, 0) is 37.1 Å². The molecule has 4 nitrogen and oxygen atoms in total. The molecular weight excluding hydrogens is 250 g/mol. The molecule has 5 heteroatoms. The zero-order valence-corrected chi connectivity index (χ0v) is 11.0. The second-order valence-electron chi connectivity index (χ2n) is 4.14. The first kappa shape index (κ1) is 12.8. The van der Waals surface area contributed by atoms with Gasteiger partial charge in [-0.3, -0.25) is 4.79 Å². The summed E-state index contributed by atoms with van der Waals surface area (Å²) in [4.78, 5) is 11.9. The van der Waals surface area contributed by atoms with Crippen molar-refractivity contribution in [1.29, 1.82) is 0 Å². The Morgan fingerprint density at radius 3 is 2.67 bits per heavy atom. The van der Waals surface area contributed by atoms with E-state index in [1.54, 1.807) is 6.07 Å². The summed E-state index contributed by atoms with van der Waals surface area (Å²) in [6.45, 7) is 4.04. The van der Waals surface area contributed by atoms with Crippen LogP contribution in [0.5, 0.6) is 0 Å². The van der Waals surface area contributed by atoms with Gasteiger partial charge in [0.05, 0.1) is 11.4 Å². The second-order valence-corrected chi connectivity index (χ2v) is 4.55. The molecule has 0 radical (unpaired) electrons. The Morgan fingerprint density at radius 2 is 2.06 bits per heavy atom. The van der Waals surface area contributed by atoms with Gasteiger partial charge in [-0.25, -0.2) is 0 Å². The largest absolute Gasteiger partial charge is 0.326 e. The average molecular weight is 264 g/mol. The van der Waals surface area contributed by atoms with Gasteiger partial charge in [0.25, 0.3) is 5.56 Å². The Kier molecular flexibility index (Phi) is 3.50. The van der Waals surface area contributed by atoms with Crippen molar-refractivity contribution in [2.75, 3.05) is 0 Å². The van der Waals surface area contributed by atoms with E-state index in [0.717, 1.165) is 16.8 Å². The molecule has 2 rings (SSSR count). The molecule has 2 N–H and O–H groups in total. The zero-order valence-electron chi connectivity index (χ0n) is 10.3. The number of aryl methyl sites for hydroxylation is 2. The Hall–Kier alpha value is -1.65. The minimum Gasteiger partial charge on any atom is -0.326 e. The fourth-order valence-corrected chi connectivity index (χ4v) is 1.86. The van der Waals surface area contributed by atoms with Gasteiger partial charge >= 0.3 is 0 Å². The molecular formula is C13H14ClN3O. The standard InChI is InChI=1S/C13H14ClN3O/c1-8-3-4-11(6-12(8)14)17-13(18)5-10(7-15)9(2)16-17/h3-6H,7,15H2,1-2H3. The first-order chi connectivity index (χ1) is 8.52. The van der Waals surface area contributed by atoms with E-state index in [9.17, 15) is 4.79 Å². The molecule has 1 heterocycles. The lowest BCUT2D eigenvalue weighted by molar-refractivity contribution is 0.767. The van der Waals surface area contributed by atoms with E-state index in [-0.39, 0.29) is 5.56 Å². The summed E-state index contributed by atoms with van der Waals surface area (Å²) in [7, 11) is 0. The minimum absolute atomic E-state index is 0.207. The van der Waals surface area contributed by atoms with Gasteiger partial charge in [0.15, 0.2) is 0 Å². The van der Waals surface area contributed by atoms with Crippen molar-refractivity contribution < 1.29 is 0 Å². The number of halogens is 1. The third-order valence-corrected chi connectivity index (χ3v) is 3.25. The lowest BCUT2D eigenvalue weighted by Gasteiger charge is -2.09. The van der Waals surface area contributed by atoms with Crippen LogP contribution in [0.1, 0.15) is 16.8 Å². The Morgan fingerprint density at radius 1 is 1.33 bits per heavy atom. The van der Waals surface area contributed by atoms with Crippen LogP contribution in [0, 0.1) is 13.8 Å². The molecule has 0 saturated carbocycles. The van der Waals surface area contributed by atoms with E-state index < -0.39 is 0 Å². The third kappa shape index (κ3) is 2.30. The van der Waals surface area contributed by atoms with Crippen molar-refractivity contribution in [3.8, 4) is 5.69 Å². The maximum Gasteiger partial charge on any atom is 0.271 e. The Labute approximate surface area is 110 Å².